The number of thioether (sulfide) groups is 2. The van der Waals surface area contributed by atoms with Gasteiger partial charge in [-0.25, -0.2) is 19.4 Å². The fraction of sp³-hybridized carbons (Fsp3) is 0.167. The summed E-state index contributed by atoms with van der Waals surface area (Å²) in [5, 5.41) is 11.4. The number of benzene rings is 1. The van der Waals surface area contributed by atoms with Crippen molar-refractivity contribution in [3.63, 3.8) is 0 Å². The molecule has 0 saturated carbocycles. The second-order valence-corrected chi connectivity index (χ2v) is 8.05. The second kappa shape index (κ2) is 9.65. The highest BCUT2D eigenvalue weighted by molar-refractivity contribution is 7.99. The number of hydrogen-bond donors (Lipinski definition) is 2. The topological polar surface area (TPSA) is 159 Å². The summed E-state index contributed by atoms with van der Waals surface area (Å²) in [4.78, 5) is 33.2. The quantitative estimate of drug-likeness (QED) is 0.115. The molecule has 0 fully saturated rings. The number of nitrogens with two attached hydrogens (primary N) is 1. The summed E-state index contributed by atoms with van der Waals surface area (Å²) >= 11 is 2.42. The number of nitrogens with zero attached hydrogens (tertiary/aromatic N) is 6. The Labute approximate surface area is 189 Å². The van der Waals surface area contributed by atoms with Crippen molar-refractivity contribution in [2.75, 3.05) is 18.7 Å². The van der Waals surface area contributed by atoms with Crippen molar-refractivity contribution in [3.8, 4) is 11.4 Å². The number of aromatic nitrogens is 7. The summed E-state index contributed by atoms with van der Waals surface area (Å²) < 4.78 is 12.5. The van der Waals surface area contributed by atoms with Crippen molar-refractivity contribution in [2.45, 2.75) is 16.1 Å². The first-order chi connectivity index (χ1) is 15.6. The van der Waals surface area contributed by atoms with Gasteiger partial charge in [0, 0.05) is 24.5 Å². The number of aromatic amines is 1. The van der Waals surface area contributed by atoms with Gasteiger partial charge in [0.05, 0.1) is 18.6 Å². The van der Waals surface area contributed by atoms with Gasteiger partial charge in [0.1, 0.15) is 5.75 Å². The standard InChI is InChI=1S/C18H16N8O4S2/c1-29-12-5-3-11(4-6-12)26-15(16(28)30-24-26)13(27)9-32-18-23-22-14(25(18)19)10-31-17-20-7-2-8-21-17/h2-8H,9-10,19H2,1H3/p+1. The van der Waals surface area contributed by atoms with Crippen LogP contribution in [0.4, 0.5) is 0 Å². The molecule has 3 N–H and O–H groups in total. The molecule has 4 aromatic rings. The zero-order valence-corrected chi connectivity index (χ0v) is 18.3. The van der Waals surface area contributed by atoms with Crippen LogP contribution in [0.25, 0.3) is 5.69 Å². The van der Waals surface area contributed by atoms with Crippen LogP contribution < -0.4 is 20.9 Å². The first-order valence-electron chi connectivity index (χ1n) is 9.10. The molecule has 0 atom stereocenters. The maximum atomic E-state index is 12.8. The average molecular weight is 474 g/mol. The predicted octanol–water partition coefficient (Wildman–Crippen LogP) is 0.616. The molecule has 0 spiro atoms. The van der Waals surface area contributed by atoms with Crippen LogP contribution in [0, 0.1) is 0 Å². The van der Waals surface area contributed by atoms with Gasteiger partial charge in [-0.2, -0.15) is 0 Å². The molecule has 12 nitrogen and oxygen atoms in total. The number of carbonyl (C=O) groups excluding carboxylic acids is 1. The molecule has 1 aromatic carbocycles. The van der Waals surface area contributed by atoms with Crippen LogP contribution in [0.15, 0.2) is 62.4 Å². The number of ether oxygens (including phenoxy) is 1. The van der Waals surface area contributed by atoms with Gasteiger partial charge in [0.15, 0.2) is 11.0 Å². The first kappa shape index (κ1) is 21.6. The van der Waals surface area contributed by atoms with Crippen LogP contribution >= 0.6 is 23.5 Å². The number of H-pyrrole nitrogens is 1. The molecule has 14 heteroatoms. The fourth-order valence-electron chi connectivity index (χ4n) is 2.62. The van der Waals surface area contributed by atoms with E-state index in [1.807, 2.05) is 0 Å². The van der Waals surface area contributed by atoms with E-state index in [-0.39, 0.29) is 11.4 Å². The molecule has 0 aliphatic carbocycles. The minimum Gasteiger partial charge on any atom is -0.497 e. The monoisotopic (exact) mass is 473 g/mol. The van der Waals surface area contributed by atoms with Gasteiger partial charge in [0.25, 0.3) is 0 Å². The minimum atomic E-state index is -0.777. The Kier molecular flexibility index (Phi) is 6.51. The van der Waals surface area contributed by atoms with E-state index in [0.717, 1.165) is 11.8 Å². The van der Waals surface area contributed by atoms with E-state index in [9.17, 15) is 9.59 Å². The molecule has 0 bridgehead atoms. The zero-order valence-electron chi connectivity index (χ0n) is 16.7. The largest absolute Gasteiger partial charge is 0.497 e. The Balaban J connectivity index is 1.44. The zero-order chi connectivity index (χ0) is 22.5. The van der Waals surface area contributed by atoms with E-state index in [2.05, 4.69) is 25.4 Å². The molecule has 3 aromatic heterocycles. The number of nitrogens with one attached hydrogen (secondary N) is 1. The molecule has 164 valence electrons. The van der Waals surface area contributed by atoms with Gasteiger partial charge in [-0.1, -0.05) is 23.5 Å². The van der Waals surface area contributed by atoms with E-state index in [1.165, 1.54) is 21.1 Å². The highest BCUT2D eigenvalue weighted by atomic mass is 32.2. The van der Waals surface area contributed by atoms with E-state index < -0.39 is 11.4 Å². The molecular weight excluding hydrogens is 456 g/mol. The smallest absolute Gasteiger partial charge is 0.438 e. The molecule has 0 radical (unpaired) electrons. The van der Waals surface area contributed by atoms with Crippen molar-refractivity contribution in [3.05, 3.63) is 64.7 Å². The molecule has 0 amide bonds. The summed E-state index contributed by atoms with van der Waals surface area (Å²) in [5.74, 6) is 7.03. The van der Waals surface area contributed by atoms with E-state index in [1.54, 1.807) is 49.8 Å². The lowest BCUT2D eigenvalue weighted by molar-refractivity contribution is -0.672. The average Bonchev–Trinajstić information content (AvgIpc) is 3.39. The van der Waals surface area contributed by atoms with Gasteiger partial charge in [-0.3, -0.25) is 9.32 Å². The molecule has 3 heterocycles. The number of methoxy groups -OCH3 is 1. The summed E-state index contributed by atoms with van der Waals surface area (Å²) in [7, 11) is 1.55. The van der Waals surface area contributed by atoms with Gasteiger partial charge in [0.2, 0.25) is 16.6 Å². The van der Waals surface area contributed by atoms with Crippen LogP contribution in [-0.2, 0) is 5.75 Å². The summed E-state index contributed by atoms with van der Waals surface area (Å²) in [6, 6.07) is 8.50. The van der Waals surface area contributed by atoms with Crippen molar-refractivity contribution in [1.29, 1.82) is 0 Å². The Morgan fingerprint density at radius 3 is 2.69 bits per heavy atom. The Bertz CT molecular complexity index is 1270. The highest BCUT2D eigenvalue weighted by Gasteiger charge is 2.31. The summed E-state index contributed by atoms with van der Waals surface area (Å²) in [6.45, 7) is 0. The maximum absolute atomic E-state index is 12.8. The van der Waals surface area contributed by atoms with E-state index in [0.29, 0.717) is 33.3 Å². The van der Waals surface area contributed by atoms with Crippen LogP contribution in [0.2, 0.25) is 0 Å². The van der Waals surface area contributed by atoms with Crippen molar-refractivity contribution in [2.24, 2.45) is 0 Å². The lowest BCUT2D eigenvalue weighted by atomic mass is 10.2. The van der Waals surface area contributed by atoms with Gasteiger partial charge in [-0.05, 0) is 28.2 Å². The molecule has 0 aliphatic rings. The second-order valence-electron chi connectivity index (χ2n) is 6.16. The van der Waals surface area contributed by atoms with Crippen molar-refractivity contribution >= 4 is 29.3 Å². The Hall–Kier alpha value is -3.65. The Morgan fingerprint density at radius 2 is 1.97 bits per heavy atom. The van der Waals surface area contributed by atoms with Gasteiger partial charge in [-0.15, -0.1) is 10.2 Å². The molecule has 0 unspecified atom stereocenters. The number of hydrogen-bond acceptors (Lipinski definition) is 11. The number of carbonyl (C=O) groups is 1. The third-order valence-corrected chi connectivity index (χ3v) is 6.00. The highest BCUT2D eigenvalue weighted by Crippen LogP contribution is 2.20. The van der Waals surface area contributed by atoms with Crippen LogP contribution in [-0.4, -0.2) is 48.8 Å². The molecular formula is C18H17N8O4S2+. The van der Waals surface area contributed by atoms with Crippen LogP contribution in [0.3, 0.4) is 0 Å². The number of rotatable bonds is 9. The molecule has 0 saturated heterocycles. The van der Waals surface area contributed by atoms with Crippen molar-refractivity contribution in [1.82, 2.24) is 30.1 Å². The molecule has 4 rings (SSSR count). The van der Waals surface area contributed by atoms with Crippen LogP contribution in [0.5, 0.6) is 5.75 Å². The summed E-state index contributed by atoms with van der Waals surface area (Å²) in [6.07, 6.45) is 3.29. The SMILES string of the molecule is COc1ccc(-[n+]2[nH]oc(=O)c2C(=O)CSc2nnc(CSc3ncccn3)n2N)cc1. The van der Waals surface area contributed by atoms with Gasteiger partial charge >= 0.3 is 11.3 Å². The third-order valence-electron chi connectivity index (χ3n) is 4.18. The first-order valence-corrected chi connectivity index (χ1v) is 11.1. The molecule has 32 heavy (non-hydrogen) atoms. The minimum absolute atomic E-state index is 0.0942. The third kappa shape index (κ3) is 4.65. The molecule has 0 aliphatic heterocycles. The predicted molar refractivity (Wildman–Crippen MR) is 114 cm³/mol. The maximum Gasteiger partial charge on any atom is 0.438 e. The van der Waals surface area contributed by atoms with Crippen LogP contribution in [0.1, 0.15) is 16.3 Å². The van der Waals surface area contributed by atoms with Crippen molar-refractivity contribution < 1.29 is 18.7 Å². The lowest BCUT2D eigenvalue weighted by Crippen LogP contribution is -2.41. The van der Waals surface area contributed by atoms with Gasteiger partial charge < -0.3 is 10.6 Å². The van der Waals surface area contributed by atoms with E-state index >= 15 is 0 Å². The normalized spacial score (nSPS) is 10.9. The number of ketones is 1. The lowest BCUT2D eigenvalue weighted by Gasteiger charge is -2.02. The Morgan fingerprint density at radius 1 is 1.22 bits per heavy atom. The summed E-state index contributed by atoms with van der Waals surface area (Å²) in [5.41, 5.74) is -0.391. The number of nitrogen functional groups attached to an aromatic ring is 1. The van der Waals surface area contributed by atoms with E-state index in [4.69, 9.17) is 15.1 Å². The number of Topliss-reactive ketones (excluding diaryl/α,β-unsaturated/α-hetero) is 1. The fourth-order valence-corrected chi connectivity index (χ4v) is 4.08.